The van der Waals surface area contributed by atoms with Gasteiger partial charge in [0.1, 0.15) is 0 Å². The first-order valence-corrected chi connectivity index (χ1v) is 6.07. The predicted octanol–water partition coefficient (Wildman–Crippen LogP) is 1.35. The predicted molar refractivity (Wildman–Crippen MR) is 68.2 cm³/mol. The molecule has 0 unspecified atom stereocenters. The molecule has 1 N–H and O–H groups in total. The molecule has 0 atom stereocenters. The lowest BCUT2D eigenvalue weighted by molar-refractivity contribution is 0.0330. The Kier molecular flexibility index (Phi) is 7.72. The summed E-state index contributed by atoms with van der Waals surface area (Å²) in [6.07, 6.45) is 2.30. The Balaban J connectivity index is 2.17. The van der Waals surface area contributed by atoms with E-state index in [2.05, 4.69) is 4.98 Å². The van der Waals surface area contributed by atoms with Crippen LogP contribution in [0, 0.1) is 0 Å². The number of methoxy groups -OCH3 is 1. The maximum absolute atomic E-state index is 10.9. The summed E-state index contributed by atoms with van der Waals surface area (Å²) in [5, 5.41) is 8.93. The minimum Gasteiger partial charge on any atom is -0.477 e. The molecule has 0 saturated heterocycles. The van der Waals surface area contributed by atoms with Gasteiger partial charge < -0.3 is 19.3 Å². The lowest BCUT2D eigenvalue weighted by Gasteiger charge is -2.07. The van der Waals surface area contributed by atoms with E-state index in [0.29, 0.717) is 32.0 Å². The van der Waals surface area contributed by atoms with Gasteiger partial charge in [-0.15, -0.1) is 0 Å². The summed E-state index contributed by atoms with van der Waals surface area (Å²) in [7, 11) is 1.65. The highest BCUT2D eigenvalue weighted by Crippen LogP contribution is 2.06. The number of carboxylic acids is 1. The van der Waals surface area contributed by atoms with E-state index in [1.54, 1.807) is 19.2 Å². The van der Waals surface area contributed by atoms with Crippen molar-refractivity contribution in [3.05, 3.63) is 29.6 Å². The van der Waals surface area contributed by atoms with Crippen molar-refractivity contribution in [1.82, 2.24) is 4.98 Å². The monoisotopic (exact) mass is 269 g/mol. The summed E-state index contributed by atoms with van der Waals surface area (Å²) in [6.45, 7) is 2.42. The zero-order valence-corrected chi connectivity index (χ0v) is 11.0. The topological polar surface area (TPSA) is 77.9 Å². The van der Waals surface area contributed by atoms with E-state index in [1.165, 1.54) is 6.20 Å². The number of aromatic nitrogens is 1. The van der Waals surface area contributed by atoms with Crippen LogP contribution in [0.5, 0.6) is 0 Å². The standard InChI is InChI=1S/C13H19NO5/c1-17-6-3-7-18-8-9-19-10-11-4-2-5-14-12(11)13(15)16/h2,4-5H,3,6-10H2,1H3,(H,15,16). The van der Waals surface area contributed by atoms with Crippen molar-refractivity contribution >= 4 is 5.97 Å². The van der Waals surface area contributed by atoms with Crippen LogP contribution in [-0.4, -0.2) is 49.6 Å². The van der Waals surface area contributed by atoms with Crippen molar-refractivity contribution in [2.75, 3.05) is 33.5 Å². The van der Waals surface area contributed by atoms with Crippen molar-refractivity contribution in [2.45, 2.75) is 13.0 Å². The summed E-state index contributed by atoms with van der Waals surface area (Å²) >= 11 is 0. The minimum absolute atomic E-state index is 0.0310. The molecule has 6 nitrogen and oxygen atoms in total. The van der Waals surface area contributed by atoms with Gasteiger partial charge in [-0.1, -0.05) is 6.07 Å². The highest BCUT2D eigenvalue weighted by molar-refractivity contribution is 5.86. The van der Waals surface area contributed by atoms with Crippen molar-refractivity contribution < 1.29 is 24.1 Å². The molecule has 1 rings (SSSR count). The molecule has 0 bridgehead atoms. The summed E-state index contributed by atoms with van der Waals surface area (Å²) in [6, 6.07) is 3.38. The van der Waals surface area contributed by atoms with E-state index in [1.807, 2.05) is 0 Å². The second-order valence-electron chi connectivity index (χ2n) is 3.83. The van der Waals surface area contributed by atoms with E-state index >= 15 is 0 Å². The number of carbonyl (C=O) groups is 1. The Morgan fingerprint density at radius 2 is 2.05 bits per heavy atom. The third kappa shape index (κ3) is 6.28. The highest BCUT2D eigenvalue weighted by atomic mass is 16.5. The number of ether oxygens (including phenoxy) is 3. The molecule has 6 heteroatoms. The number of pyridine rings is 1. The number of aromatic carboxylic acids is 1. The normalized spacial score (nSPS) is 10.6. The molecule has 0 radical (unpaired) electrons. The average molecular weight is 269 g/mol. The first kappa shape index (κ1) is 15.6. The minimum atomic E-state index is -1.05. The first-order valence-electron chi connectivity index (χ1n) is 6.07. The number of hydrogen-bond acceptors (Lipinski definition) is 5. The van der Waals surface area contributed by atoms with Crippen LogP contribution in [0.3, 0.4) is 0 Å². The molecule has 0 aliphatic heterocycles. The SMILES string of the molecule is COCCCOCCOCc1cccnc1C(=O)O. The van der Waals surface area contributed by atoms with E-state index in [9.17, 15) is 4.79 Å². The van der Waals surface area contributed by atoms with Gasteiger partial charge in [-0.05, 0) is 12.5 Å². The molecule has 0 aliphatic rings. The Hall–Kier alpha value is -1.50. The van der Waals surface area contributed by atoms with Crippen LogP contribution < -0.4 is 0 Å². The first-order chi connectivity index (χ1) is 9.25. The Morgan fingerprint density at radius 3 is 2.79 bits per heavy atom. The fraction of sp³-hybridized carbons (Fsp3) is 0.538. The van der Waals surface area contributed by atoms with Gasteiger partial charge in [-0.2, -0.15) is 0 Å². The third-order valence-electron chi connectivity index (χ3n) is 2.36. The maximum Gasteiger partial charge on any atom is 0.354 e. The number of carboxylic acid groups (broad SMARTS) is 1. The quantitative estimate of drug-likeness (QED) is 0.646. The molecular weight excluding hydrogens is 250 g/mol. The lowest BCUT2D eigenvalue weighted by atomic mass is 10.2. The highest BCUT2D eigenvalue weighted by Gasteiger charge is 2.10. The number of hydrogen-bond donors (Lipinski definition) is 1. The zero-order valence-electron chi connectivity index (χ0n) is 11.0. The van der Waals surface area contributed by atoms with Gasteiger partial charge in [0, 0.05) is 32.1 Å². The molecule has 19 heavy (non-hydrogen) atoms. The summed E-state index contributed by atoms with van der Waals surface area (Å²) < 4.78 is 15.6. The molecule has 0 fully saturated rings. The number of rotatable bonds is 10. The summed E-state index contributed by atoms with van der Waals surface area (Å²) in [5.41, 5.74) is 0.595. The molecule has 106 valence electrons. The Bertz CT molecular complexity index is 383. The fourth-order valence-corrected chi connectivity index (χ4v) is 1.46. The molecule has 1 aromatic heterocycles. The van der Waals surface area contributed by atoms with Gasteiger partial charge >= 0.3 is 5.97 Å². The van der Waals surface area contributed by atoms with E-state index in [-0.39, 0.29) is 12.3 Å². The second-order valence-corrected chi connectivity index (χ2v) is 3.83. The van der Waals surface area contributed by atoms with Crippen molar-refractivity contribution in [3.63, 3.8) is 0 Å². The fourth-order valence-electron chi connectivity index (χ4n) is 1.46. The summed E-state index contributed by atoms with van der Waals surface area (Å²) in [5.74, 6) is -1.05. The van der Waals surface area contributed by atoms with Gasteiger partial charge in [-0.25, -0.2) is 9.78 Å². The Labute approximate surface area is 112 Å². The van der Waals surface area contributed by atoms with Crippen LogP contribution in [0.25, 0.3) is 0 Å². The Morgan fingerprint density at radius 1 is 1.26 bits per heavy atom. The van der Waals surface area contributed by atoms with Gasteiger partial charge in [0.15, 0.2) is 5.69 Å². The molecule has 0 amide bonds. The van der Waals surface area contributed by atoms with Crippen LogP contribution in [0.4, 0.5) is 0 Å². The van der Waals surface area contributed by atoms with E-state index < -0.39 is 5.97 Å². The summed E-state index contributed by atoms with van der Waals surface area (Å²) in [4.78, 5) is 14.7. The number of nitrogens with zero attached hydrogens (tertiary/aromatic N) is 1. The van der Waals surface area contributed by atoms with Gasteiger partial charge in [0.25, 0.3) is 0 Å². The molecular formula is C13H19NO5. The second kappa shape index (κ2) is 9.43. The van der Waals surface area contributed by atoms with E-state index in [0.717, 1.165) is 6.42 Å². The van der Waals surface area contributed by atoms with Gasteiger partial charge in [-0.3, -0.25) is 0 Å². The van der Waals surface area contributed by atoms with Gasteiger partial charge in [0.05, 0.1) is 19.8 Å². The zero-order chi connectivity index (χ0) is 13.9. The molecule has 1 aromatic rings. The molecule has 0 aromatic carbocycles. The van der Waals surface area contributed by atoms with Crippen LogP contribution in [0.1, 0.15) is 22.5 Å². The van der Waals surface area contributed by atoms with Gasteiger partial charge in [0.2, 0.25) is 0 Å². The van der Waals surface area contributed by atoms with Crippen molar-refractivity contribution in [3.8, 4) is 0 Å². The average Bonchev–Trinajstić information content (AvgIpc) is 2.42. The maximum atomic E-state index is 10.9. The molecule has 0 aliphatic carbocycles. The van der Waals surface area contributed by atoms with Crippen LogP contribution >= 0.6 is 0 Å². The van der Waals surface area contributed by atoms with Crippen LogP contribution in [-0.2, 0) is 20.8 Å². The molecule has 0 spiro atoms. The smallest absolute Gasteiger partial charge is 0.354 e. The van der Waals surface area contributed by atoms with Crippen molar-refractivity contribution in [2.24, 2.45) is 0 Å². The lowest BCUT2D eigenvalue weighted by Crippen LogP contribution is -2.10. The molecule has 1 heterocycles. The van der Waals surface area contributed by atoms with Crippen molar-refractivity contribution in [1.29, 1.82) is 0 Å². The van der Waals surface area contributed by atoms with E-state index in [4.69, 9.17) is 19.3 Å². The largest absolute Gasteiger partial charge is 0.477 e. The van der Waals surface area contributed by atoms with Crippen LogP contribution in [0.15, 0.2) is 18.3 Å². The molecule has 0 saturated carbocycles. The van der Waals surface area contributed by atoms with Crippen LogP contribution in [0.2, 0.25) is 0 Å². The third-order valence-corrected chi connectivity index (χ3v) is 2.36.